The summed E-state index contributed by atoms with van der Waals surface area (Å²) in [5.74, 6) is -0.899. The van der Waals surface area contributed by atoms with E-state index in [0.717, 1.165) is 12.1 Å². The third kappa shape index (κ3) is 5.45. The number of carbonyl (C=O) groups is 2. The number of alkyl halides is 3. The molecule has 0 fully saturated rings. The van der Waals surface area contributed by atoms with E-state index in [1.165, 1.54) is 24.1 Å². The zero-order valence-corrected chi connectivity index (χ0v) is 11.7. The minimum absolute atomic E-state index is 0.0754. The highest BCUT2D eigenvalue weighted by atomic mass is 19.4. The summed E-state index contributed by atoms with van der Waals surface area (Å²) in [5.41, 5.74) is -0.317. The Morgan fingerprint density at radius 1 is 1.19 bits per heavy atom. The van der Waals surface area contributed by atoms with Crippen molar-refractivity contribution >= 4 is 11.9 Å². The molecule has 7 heteroatoms. The molecule has 0 unspecified atom stereocenters. The minimum Gasteiger partial charge on any atom is -0.465 e. The lowest BCUT2D eigenvalue weighted by Gasteiger charge is -2.16. The van der Waals surface area contributed by atoms with Crippen LogP contribution in [0.1, 0.15) is 18.1 Å². The number of benzene rings is 1. The Morgan fingerprint density at radius 2 is 1.76 bits per heavy atom. The number of hydrogen-bond donors (Lipinski definition) is 0. The number of rotatable bonds is 5. The van der Waals surface area contributed by atoms with Crippen LogP contribution in [-0.4, -0.2) is 37.0 Å². The molecular weight excluding hydrogens is 287 g/mol. The second-order valence-corrected chi connectivity index (χ2v) is 4.43. The average Bonchev–Trinajstić information content (AvgIpc) is 2.38. The minimum atomic E-state index is -4.40. The van der Waals surface area contributed by atoms with Gasteiger partial charge in [-0.1, -0.05) is 12.1 Å². The van der Waals surface area contributed by atoms with E-state index in [9.17, 15) is 22.8 Å². The highest BCUT2D eigenvalue weighted by Gasteiger charge is 2.30. The normalized spacial score (nSPS) is 11.1. The molecule has 0 aliphatic carbocycles. The number of halogens is 3. The van der Waals surface area contributed by atoms with E-state index in [-0.39, 0.29) is 25.5 Å². The molecule has 1 aromatic carbocycles. The van der Waals surface area contributed by atoms with Crippen molar-refractivity contribution in [1.29, 1.82) is 0 Å². The fraction of sp³-hybridized carbons (Fsp3) is 0.429. The summed E-state index contributed by atoms with van der Waals surface area (Å²) in [6.07, 6.45) is -4.47. The first-order valence-electron chi connectivity index (χ1n) is 6.29. The number of nitrogens with zero attached hydrogens (tertiary/aromatic N) is 1. The van der Waals surface area contributed by atoms with Gasteiger partial charge in [-0.3, -0.25) is 9.59 Å². The van der Waals surface area contributed by atoms with Crippen molar-refractivity contribution in [1.82, 2.24) is 4.90 Å². The molecule has 4 nitrogen and oxygen atoms in total. The van der Waals surface area contributed by atoms with Gasteiger partial charge in [0.15, 0.2) is 0 Å². The van der Waals surface area contributed by atoms with E-state index in [2.05, 4.69) is 0 Å². The van der Waals surface area contributed by atoms with Gasteiger partial charge in [0.2, 0.25) is 5.91 Å². The Hall–Kier alpha value is -2.05. The Labute approximate surface area is 120 Å². The molecule has 1 aromatic rings. The van der Waals surface area contributed by atoms with Gasteiger partial charge in [0.1, 0.15) is 6.54 Å². The van der Waals surface area contributed by atoms with Gasteiger partial charge in [-0.05, 0) is 24.6 Å². The van der Waals surface area contributed by atoms with Crippen LogP contribution in [0.2, 0.25) is 0 Å². The van der Waals surface area contributed by atoms with Crippen molar-refractivity contribution in [2.24, 2.45) is 0 Å². The first kappa shape index (κ1) is 17.0. The topological polar surface area (TPSA) is 46.6 Å². The molecule has 0 aliphatic rings. The molecule has 116 valence electrons. The standard InChI is InChI=1S/C14H16F3NO3/c1-3-21-13(20)9-18(2)12(19)8-10-4-6-11(7-5-10)14(15,16)17/h4-7H,3,8-9H2,1-2H3. The van der Waals surface area contributed by atoms with Crippen LogP contribution in [0.4, 0.5) is 13.2 Å². The molecule has 0 bridgehead atoms. The van der Waals surface area contributed by atoms with Gasteiger partial charge < -0.3 is 9.64 Å². The first-order valence-corrected chi connectivity index (χ1v) is 6.29. The van der Waals surface area contributed by atoms with Gasteiger partial charge in [-0.2, -0.15) is 13.2 Å². The zero-order chi connectivity index (χ0) is 16.0. The number of hydrogen-bond acceptors (Lipinski definition) is 3. The molecule has 0 aliphatic heterocycles. The molecule has 0 saturated carbocycles. The van der Waals surface area contributed by atoms with Crippen LogP contribution in [0.3, 0.4) is 0 Å². The van der Waals surface area contributed by atoms with Gasteiger partial charge >= 0.3 is 12.1 Å². The van der Waals surface area contributed by atoms with E-state index in [1.807, 2.05) is 0 Å². The molecule has 21 heavy (non-hydrogen) atoms. The maximum atomic E-state index is 12.4. The lowest BCUT2D eigenvalue weighted by Crippen LogP contribution is -2.34. The third-order valence-corrected chi connectivity index (χ3v) is 2.73. The summed E-state index contributed by atoms with van der Waals surface area (Å²) >= 11 is 0. The van der Waals surface area contributed by atoms with Crippen molar-refractivity contribution in [2.75, 3.05) is 20.2 Å². The van der Waals surface area contributed by atoms with Gasteiger partial charge in [-0.15, -0.1) is 0 Å². The Morgan fingerprint density at radius 3 is 2.24 bits per heavy atom. The van der Waals surface area contributed by atoms with Crippen molar-refractivity contribution in [3.05, 3.63) is 35.4 Å². The summed E-state index contributed by atoms with van der Waals surface area (Å²) in [6.45, 7) is 1.69. The maximum absolute atomic E-state index is 12.4. The van der Waals surface area contributed by atoms with E-state index >= 15 is 0 Å². The molecule has 1 amide bonds. The summed E-state index contributed by atoms with van der Waals surface area (Å²) in [6, 6.07) is 4.35. The van der Waals surface area contributed by atoms with Crippen LogP contribution in [0.25, 0.3) is 0 Å². The Bertz CT molecular complexity index is 497. The molecule has 0 saturated heterocycles. The van der Waals surface area contributed by atoms with Gasteiger partial charge in [0, 0.05) is 7.05 Å². The first-order chi connectivity index (χ1) is 9.74. The van der Waals surface area contributed by atoms with Crippen molar-refractivity contribution < 1.29 is 27.5 Å². The highest BCUT2D eigenvalue weighted by molar-refractivity contribution is 5.83. The zero-order valence-electron chi connectivity index (χ0n) is 11.7. The molecule has 0 atom stereocenters. The van der Waals surface area contributed by atoms with Crippen LogP contribution >= 0.6 is 0 Å². The second-order valence-electron chi connectivity index (χ2n) is 4.43. The summed E-state index contributed by atoms with van der Waals surface area (Å²) in [7, 11) is 1.43. The molecule has 0 heterocycles. The predicted molar refractivity (Wildman–Crippen MR) is 69.4 cm³/mol. The van der Waals surface area contributed by atoms with Crippen LogP contribution in [0.5, 0.6) is 0 Å². The highest BCUT2D eigenvalue weighted by Crippen LogP contribution is 2.29. The van der Waals surface area contributed by atoms with E-state index in [1.54, 1.807) is 6.92 Å². The predicted octanol–water partition coefficient (Wildman–Crippen LogP) is 2.27. The average molecular weight is 303 g/mol. The van der Waals surface area contributed by atoms with Gasteiger partial charge in [0.25, 0.3) is 0 Å². The van der Waals surface area contributed by atoms with Crippen molar-refractivity contribution in [2.45, 2.75) is 19.5 Å². The number of esters is 1. The number of likely N-dealkylation sites (N-methyl/N-ethyl adjacent to an activating group) is 1. The van der Waals surface area contributed by atoms with E-state index < -0.39 is 17.7 Å². The van der Waals surface area contributed by atoms with Crippen LogP contribution in [0, 0.1) is 0 Å². The number of ether oxygens (including phenoxy) is 1. The summed E-state index contributed by atoms with van der Waals surface area (Å²) in [4.78, 5) is 24.2. The van der Waals surface area contributed by atoms with Crippen molar-refractivity contribution in [3.8, 4) is 0 Å². The monoisotopic (exact) mass is 303 g/mol. The fourth-order valence-corrected chi connectivity index (χ4v) is 1.61. The summed E-state index contributed by atoms with van der Waals surface area (Å²) in [5, 5.41) is 0. The van der Waals surface area contributed by atoms with Crippen LogP contribution in [-0.2, 0) is 26.9 Å². The number of amides is 1. The van der Waals surface area contributed by atoms with E-state index in [0.29, 0.717) is 5.56 Å². The summed E-state index contributed by atoms with van der Waals surface area (Å²) < 4.78 is 41.9. The SMILES string of the molecule is CCOC(=O)CN(C)C(=O)Cc1ccc(C(F)(F)F)cc1. The third-order valence-electron chi connectivity index (χ3n) is 2.73. The van der Waals surface area contributed by atoms with Gasteiger partial charge in [0.05, 0.1) is 18.6 Å². The molecular formula is C14H16F3NO3. The lowest BCUT2D eigenvalue weighted by atomic mass is 10.1. The van der Waals surface area contributed by atoms with Crippen LogP contribution in [0.15, 0.2) is 24.3 Å². The van der Waals surface area contributed by atoms with Gasteiger partial charge in [-0.25, -0.2) is 0 Å². The smallest absolute Gasteiger partial charge is 0.416 e. The molecule has 1 rings (SSSR count). The fourth-order valence-electron chi connectivity index (χ4n) is 1.61. The van der Waals surface area contributed by atoms with Crippen LogP contribution < -0.4 is 0 Å². The van der Waals surface area contributed by atoms with E-state index in [4.69, 9.17) is 4.74 Å². The second kappa shape index (κ2) is 7.10. The number of carbonyl (C=O) groups excluding carboxylic acids is 2. The van der Waals surface area contributed by atoms with Crippen molar-refractivity contribution in [3.63, 3.8) is 0 Å². The molecule has 0 spiro atoms. The lowest BCUT2D eigenvalue weighted by molar-refractivity contribution is -0.148. The Balaban J connectivity index is 2.60. The Kier molecular flexibility index (Phi) is 5.75. The quantitative estimate of drug-likeness (QED) is 0.784. The molecule has 0 N–H and O–H groups in total. The molecule has 0 radical (unpaired) electrons. The largest absolute Gasteiger partial charge is 0.465 e. The maximum Gasteiger partial charge on any atom is 0.416 e. The molecule has 0 aromatic heterocycles.